The van der Waals surface area contributed by atoms with Crippen molar-refractivity contribution >= 4 is 11.8 Å². The molecular formula is C12H14FNOS. The van der Waals surface area contributed by atoms with Gasteiger partial charge in [0.1, 0.15) is 11.4 Å². The quantitative estimate of drug-likeness (QED) is 0.817. The second kappa shape index (κ2) is 3.70. The topological polar surface area (TPSA) is 33.1 Å². The maximum atomic E-state index is 12.8. The van der Waals surface area contributed by atoms with Crippen molar-refractivity contribution in [3.05, 3.63) is 29.8 Å². The van der Waals surface area contributed by atoms with Crippen LogP contribution in [0, 0.1) is 5.82 Å². The molecule has 0 aliphatic carbocycles. The molecular weight excluding hydrogens is 225 g/mol. The maximum absolute atomic E-state index is 12.8. The van der Waals surface area contributed by atoms with Crippen molar-refractivity contribution in [1.29, 1.82) is 0 Å². The summed E-state index contributed by atoms with van der Waals surface area (Å²) in [6.45, 7) is 0. The van der Waals surface area contributed by atoms with E-state index in [0.29, 0.717) is 16.2 Å². The number of hydrogen-bond donors (Lipinski definition) is 1. The molecule has 0 amide bonds. The zero-order chi connectivity index (χ0) is 11.2. The second-order valence-electron chi connectivity index (χ2n) is 4.76. The van der Waals surface area contributed by atoms with Crippen molar-refractivity contribution in [1.82, 2.24) is 4.98 Å². The fraction of sp³-hybridized carbons (Fsp3) is 0.583. The molecule has 16 heavy (non-hydrogen) atoms. The Labute approximate surface area is 98.3 Å². The molecule has 86 valence electrons. The fourth-order valence-corrected chi connectivity index (χ4v) is 4.61. The molecule has 2 atom stereocenters. The average molecular weight is 239 g/mol. The van der Waals surface area contributed by atoms with Crippen molar-refractivity contribution in [2.45, 2.75) is 41.8 Å². The van der Waals surface area contributed by atoms with Gasteiger partial charge in [0.15, 0.2) is 0 Å². The van der Waals surface area contributed by atoms with Gasteiger partial charge < -0.3 is 5.11 Å². The van der Waals surface area contributed by atoms with Crippen LogP contribution in [0.2, 0.25) is 0 Å². The lowest BCUT2D eigenvalue weighted by molar-refractivity contribution is 0.0152. The molecule has 1 N–H and O–H groups in total. The Kier molecular flexibility index (Phi) is 2.44. The van der Waals surface area contributed by atoms with E-state index in [1.807, 2.05) is 11.8 Å². The smallest absolute Gasteiger partial charge is 0.141 e. The van der Waals surface area contributed by atoms with E-state index >= 15 is 0 Å². The third kappa shape index (κ3) is 1.74. The van der Waals surface area contributed by atoms with Gasteiger partial charge in [-0.05, 0) is 37.8 Å². The predicted octanol–water partition coefficient (Wildman–Crippen LogP) is 2.47. The van der Waals surface area contributed by atoms with Gasteiger partial charge in [0, 0.05) is 10.5 Å². The minimum absolute atomic E-state index is 0.347. The van der Waals surface area contributed by atoms with Crippen LogP contribution in [0.5, 0.6) is 0 Å². The molecule has 0 spiro atoms. The molecule has 4 heteroatoms. The minimum atomic E-state index is -0.829. The number of thioether (sulfide) groups is 1. The van der Waals surface area contributed by atoms with E-state index in [1.54, 1.807) is 6.07 Å². The van der Waals surface area contributed by atoms with E-state index in [9.17, 15) is 9.50 Å². The first-order valence-electron chi connectivity index (χ1n) is 5.66. The molecule has 0 saturated carbocycles. The zero-order valence-electron chi connectivity index (χ0n) is 8.90. The maximum Gasteiger partial charge on any atom is 0.141 e. The lowest BCUT2D eigenvalue weighted by Crippen LogP contribution is -2.35. The van der Waals surface area contributed by atoms with Gasteiger partial charge in [-0.3, -0.25) is 4.98 Å². The summed E-state index contributed by atoms with van der Waals surface area (Å²) in [6, 6.07) is 2.99. The molecule has 1 aromatic heterocycles. The lowest BCUT2D eigenvalue weighted by Gasteiger charge is -2.35. The van der Waals surface area contributed by atoms with E-state index in [0.717, 1.165) is 12.8 Å². The number of aliphatic hydroxyl groups is 1. The van der Waals surface area contributed by atoms with Crippen molar-refractivity contribution in [2.75, 3.05) is 0 Å². The van der Waals surface area contributed by atoms with Crippen molar-refractivity contribution in [3.63, 3.8) is 0 Å². The monoisotopic (exact) mass is 239 g/mol. The predicted molar refractivity (Wildman–Crippen MR) is 61.7 cm³/mol. The molecule has 2 saturated heterocycles. The van der Waals surface area contributed by atoms with Gasteiger partial charge in [-0.2, -0.15) is 11.8 Å². The number of hydrogen-bond acceptors (Lipinski definition) is 3. The van der Waals surface area contributed by atoms with E-state index in [1.165, 1.54) is 25.1 Å². The molecule has 0 radical (unpaired) electrons. The molecule has 3 rings (SSSR count). The highest BCUT2D eigenvalue weighted by molar-refractivity contribution is 8.00. The van der Waals surface area contributed by atoms with Crippen molar-refractivity contribution in [3.8, 4) is 0 Å². The van der Waals surface area contributed by atoms with Gasteiger partial charge in [0.25, 0.3) is 0 Å². The third-order valence-corrected chi connectivity index (χ3v) is 5.10. The summed E-state index contributed by atoms with van der Waals surface area (Å²) < 4.78 is 12.8. The van der Waals surface area contributed by atoms with Gasteiger partial charge in [-0.1, -0.05) is 0 Å². The summed E-state index contributed by atoms with van der Waals surface area (Å²) >= 11 is 1.99. The van der Waals surface area contributed by atoms with E-state index in [-0.39, 0.29) is 5.82 Å². The van der Waals surface area contributed by atoms with E-state index in [2.05, 4.69) is 4.98 Å². The van der Waals surface area contributed by atoms with Gasteiger partial charge in [0.2, 0.25) is 0 Å². The number of nitrogens with zero attached hydrogens (tertiary/aromatic N) is 1. The van der Waals surface area contributed by atoms with Crippen LogP contribution < -0.4 is 0 Å². The van der Waals surface area contributed by atoms with E-state index in [4.69, 9.17) is 0 Å². The van der Waals surface area contributed by atoms with Crippen LogP contribution in [0.15, 0.2) is 18.3 Å². The van der Waals surface area contributed by atoms with Gasteiger partial charge in [-0.25, -0.2) is 4.39 Å². The van der Waals surface area contributed by atoms with E-state index < -0.39 is 5.60 Å². The molecule has 2 aliphatic heterocycles. The molecule has 2 fully saturated rings. The number of fused-ring (bicyclic) bond motifs is 2. The van der Waals surface area contributed by atoms with Gasteiger partial charge in [0.05, 0.1) is 11.9 Å². The van der Waals surface area contributed by atoms with Crippen LogP contribution in [0.4, 0.5) is 4.39 Å². The minimum Gasteiger partial charge on any atom is -0.383 e. The summed E-state index contributed by atoms with van der Waals surface area (Å²) in [5, 5.41) is 11.7. The molecule has 0 aromatic carbocycles. The molecule has 2 bridgehead atoms. The van der Waals surface area contributed by atoms with Crippen LogP contribution >= 0.6 is 11.8 Å². The Morgan fingerprint density at radius 3 is 2.56 bits per heavy atom. The summed E-state index contributed by atoms with van der Waals surface area (Å²) in [7, 11) is 0. The van der Waals surface area contributed by atoms with Crippen LogP contribution in [0.1, 0.15) is 31.4 Å². The standard InChI is InChI=1S/C12H14FNOS/c13-8-1-4-11(14-7-8)12(15)5-9-2-3-10(6-12)16-9/h1,4,7,9-10,15H,2-3,5-6H2. The fourth-order valence-electron chi connectivity index (χ4n) is 2.78. The highest BCUT2D eigenvalue weighted by atomic mass is 32.2. The molecule has 2 aliphatic rings. The third-order valence-electron chi connectivity index (χ3n) is 3.53. The molecule has 2 unspecified atom stereocenters. The van der Waals surface area contributed by atoms with Crippen LogP contribution in [-0.4, -0.2) is 20.6 Å². The zero-order valence-corrected chi connectivity index (χ0v) is 9.71. The summed E-state index contributed by atoms with van der Waals surface area (Å²) in [6.07, 6.45) is 5.09. The molecule has 2 nitrogen and oxygen atoms in total. The number of aromatic nitrogens is 1. The Balaban J connectivity index is 1.90. The summed E-state index contributed by atoms with van der Waals surface area (Å²) in [5.41, 5.74) is -0.198. The SMILES string of the molecule is OC1(c2ccc(F)cn2)CC2CCC(C1)S2. The first kappa shape index (κ1) is 10.5. The second-order valence-corrected chi connectivity index (χ2v) is 6.36. The lowest BCUT2D eigenvalue weighted by atomic mass is 9.89. The summed E-state index contributed by atoms with van der Waals surface area (Å²) in [4.78, 5) is 4.04. The van der Waals surface area contributed by atoms with Crippen molar-refractivity contribution < 1.29 is 9.50 Å². The first-order chi connectivity index (χ1) is 7.66. The summed E-state index contributed by atoms with van der Waals surface area (Å²) in [5.74, 6) is -0.347. The van der Waals surface area contributed by atoms with Crippen LogP contribution in [0.3, 0.4) is 0 Å². The highest BCUT2D eigenvalue weighted by Gasteiger charge is 2.45. The van der Waals surface area contributed by atoms with Crippen LogP contribution in [-0.2, 0) is 5.60 Å². The Bertz CT molecular complexity index is 383. The normalized spacial score (nSPS) is 37.6. The molecule has 3 heterocycles. The number of pyridine rings is 1. The average Bonchev–Trinajstić information content (AvgIpc) is 2.59. The Morgan fingerprint density at radius 2 is 2.00 bits per heavy atom. The van der Waals surface area contributed by atoms with Gasteiger partial charge in [-0.15, -0.1) is 0 Å². The Morgan fingerprint density at radius 1 is 1.31 bits per heavy atom. The molecule has 1 aromatic rings. The number of halogens is 1. The number of rotatable bonds is 1. The van der Waals surface area contributed by atoms with Gasteiger partial charge >= 0.3 is 0 Å². The largest absolute Gasteiger partial charge is 0.383 e. The first-order valence-corrected chi connectivity index (χ1v) is 6.60. The van der Waals surface area contributed by atoms with Crippen molar-refractivity contribution in [2.24, 2.45) is 0 Å². The Hall–Kier alpha value is -0.610. The highest BCUT2D eigenvalue weighted by Crippen LogP contribution is 2.50. The van der Waals surface area contributed by atoms with Crippen LogP contribution in [0.25, 0.3) is 0 Å².